The van der Waals surface area contributed by atoms with Gasteiger partial charge >= 0.3 is 11.9 Å². The molecular formula is C32H33N3O8S. The van der Waals surface area contributed by atoms with Gasteiger partial charge in [0.05, 0.1) is 56.4 Å². The quantitative estimate of drug-likeness (QED) is 0.248. The van der Waals surface area contributed by atoms with E-state index in [1.54, 1.807) is 43.5 Å². The summed E-state index contributed by atoms with van der Waals surface area (Å²) in [6, 6.07) is 10.2. The van der Waals surface area contributed by atoms with Crippen LogP contribution in [0.4, 0.5) is 0 Å². The minimum Gasteiger partial charge on any atom is -0.493 e. The first-order chi connectivity index (χ1) is 21.3. The summed E-state index contributed by atoms with van der Waals surface area (Å²) >= 11 is 1.21. The Labute approximate surface area is 257 Å². The molecule has 0 N–H and O–H groups in total. The molecule has 3 heterocycles. The number of esters is 2. The van der Waals surface area contributed by atoms with Crippen LogP contribution in [0.1, 0.15) is 37.9 Å². The van der Waals surface area contributed by atoms with Gasteiger partial charge in [-0.1, -0.05) is 29.5 Å². The molecule has 0 bridgehead atoms. The van der Waals surface area contributed by atoms with E-state index in [1.165, 1.54) is 37.2 Å². The Kier molecular flexibility index (Phi) is 8.91. The van der Waals surface area contributed by atoms with E-state index in [9.17, 15) is 14.4 Å². The third-order valence-electron chi connectivity index (χ3n) is 7.23. The van der Waals surface area contributed by atoms with Crippen molar-refractivity contribution in [2.24, 2.45) is 4.99 Å². The Hall–Kier alpha value is -4.84. The Morgan fingerprint density at radius 2 is 1.68 bits per heavy atom. The molecule has 4 aromatic rings. The summed E-state index contributed by atoms with van der Waals surface area (Å²) in [5.74, 6) is 0.187. The SMILES string of the molecule is CCOC(=O)Cn1cc(/C=c2\sc3n(c2=O)[C@H](c2cc(OC)c(OC)c(OC)c2)C(C(=O)OCC)=C(C)N=3)c2ccccc21. The number of nitrogens with zero attached hydrogens (tertiary/aromatic N) is 3. The standard InChI is InChI=1S/C32H33N3O8S/c1-7-42-26(36)17-34-16-20(21-11-9-10-12-22(21)34)15-25-30(37)35-28(19-13-23(39-4)29(41-6)24(14-19)40-5)27(31(38)43-8-2)18(3)33-32(35)44-25/h9-16,28H,7-8,17H2,1-6H3/b25-15-/t28-/m1/s1. The van der Waals surface area contributed by atoms with Crippen molar-refractivity contribution in [1.29, 1.82) is 0 Å². The van der Waals surface area contributed by atoms with Crippen LogP contribution in [-0.2, 0) is 25.6 Å². The number of allylic oxidation sites excluding steroid dienone is 1. The molecule has 0 spiro atoms. The molecular weight excluding hydrogens is 586 g/mol. The second kappa shape index (κ2) is 12.8. The van der Waals surface area contributed by atoms with E-state index >= 15 is 0 Å². The van der Waals surface area contributed by atoms with E-state index in [4.69, 9.17) is 23.7 Å². The smallest absolute Gasteiger partial charge is 0.338 e. The number of para-hydroxylation sites is 1. The van der Waals surface area contributed by atoms with Gasteiger partial charge in [0.25, 0.3) is 5.56 Å². The third-order valence-corrected chi connectivity index (χ3v) is 8.21. The van der Waals surface area contributed by atoms with E-state index < -0.39 is 12.0 Å². The number of hydrogen-bond donors (Lipinski definition) is 0. The van der Waals surface area contributed by atoms with Crippen LogP contribution in [0.2, 0.25) is 0 Å². The molecule has 5 rings (SSSR count). The predicted molar refractivity (Wildman–Crippen MR) is 165 cm³/mol. The molecule has 0 radical (unpaired) electrons. The molecule has 1 aliphatic heterocycles. The molecule has 1 atom stereocenters. The van der Waals surface area contributed by atoms with E-state index in [0.717, 1.165) is 16.5 Å². The number of thiazole rings is 1. The average molecular weight is 620 g/mol. The largest absolute Gasteiger partial charge is 0.493 e. The van der Waals surface area contributed by atoms with Crippen molar-refractivity contribution in [2.75, 3.05) is 34.5 Å². The van der Waals surface area contributed by atoms with E-state index in [1.807, 2.05) is 30.5 Å². The number of aromatic nitrogens is 2. The normalized spacial score (nSPS) is 14.7. The molecule has 2 aromatic carbocycles. The lowest BCUT2D eigenvalue weighted by Crippen LogP contribution is -2.40. The van der Waals surface area contributed by atoms with Gasteiger partial charge in [-0.05, 0) is 50.6 Å². The Morgan fingerprint density at radius 3 is 2.32 bits per heavy atom. The molecule has 0 aliphatic carbocycles. The number of fused-ring (bicyclic) bond motifs is 2. The third kappa shape index (κ3) is 5.48. The Morgan fingerprint density at radius 1 is 1.00 bits per heavy atom. The fraction of sp³-hybridized carbons (Fsp3) is 0.312. The second-order valence-electron chi connectivity index (χ2n) is 9.80. The number of rotatable bonds is 10. The maximum atomic E-state index is 14.2. The molecule has 44 heavy (non-hydrogen) atoms. The van der Waals surface area contributed by atoms with Gasteiger partial charge in [-0.3, -0.25) is 14.2 Å². The molecule has 0 unspecified atom stereocenters. The molecule has 0 saturated carbocycles. The van der Waals surface area contributed by atoms with Crippen LogP contribution in [0.15, 0.2) is 63.7 Å². The average Bonchev–Trinajstić information content (AvgIpc) is 3.51. The Balaban J connectivity index is 1.74. The van der Waals surface area contributed by atoms with Crippen molar-refractivity contribution in [3.8, 4) is 17.2 Å². The number of carbonyl (C=O) groups is 2. The lowest BCUT2D eigenvalue weighted by atomic mass is 9.95. The van der Waals surface area contributed by atoms with E-state index in [0.29, 0.717) is 37.8 Å². The molecule has 0 fully saturated rings. The maximum Gasteiger partial charge on any atom is 0.338 e. The lowest BCUT2D eigenvalue weighted by molar-refractivity contribution is -0.143. The van der Waals surface area contributed by atoms with Gasteiger partial charge in [0, 0.05) is 22.7 Å². The molecule has 230 valence electrons. The second-order valence-corrected chi connectivity index (χ2v) is 10.8. The van der Waals surface area contributed by atoms with Gasteiger partial charge in [-0.15, -0.1) is 0 Å². The highest BCUT2D eigenvalue weighted by molar-refractivity contribution is 7.07. The minimum atomic E-state index is -0.883. The first-order valence-electron chi connectivity index (χ1n) is 14.0. The van der Waals surface area contributed by atoms with Crippen molar-refractivity contribution in [3.63, 3.8) is 0 Å². The highest BCUT2D eigenvalue weighted by Gasteiger charge is 2.34. The van der Waals surface area contributed by atoms with Crippen molar-refractivity contribution in [1.82, 2.24) is 9.13 Å². The van der Waals surface area contributed by atoms with Gasteiger partial charge in [-0.2, -0.15) is 0 Å². The molecule has 0 saturated heterocycles. The van der Waals surface area contributed by atoms with Gasteiger partial charge in [0.15, 0.2) is 16.3 Å². The zero-order valence-corrected chi connectivity index (χ0v) is 26.1. The first kappa shape index (κ1) is 30.6. The summed E-state index contributed by atoms with van der Waals surface area (Å²) < 4.78 is 30.9. The van der Waals surface area contributed by atoms with Crippen molar-refractivity contribution in [2.45, 2.75) is 33.4 Å². The van der Waals surface area contributed by atoms with Crippen LogP contribution in [0.25, 0.3) is 17.0 Å². The lowest BCUT2D eigenvalue weighted by Gasteiger charge is -2.26. The van der Waals surface area contributed by atoms with Gasteiger partial charge in [0.2, 0.25) is 5.75 Å². The molecule has 12 heteroatoms. The van der Waals surface area contributed by atoms with Gasteiger partial charge in [-0.25, -0.2) is 9.79 Å². The fourth-order valence-corrected chi connectivity index (χ4v) is 6.41. The topological polar surface area (TPSA) is 120 Å². The van der Waals surface area contributed by atoms with E-state index in [-0.39, 0.29) is 36.9 Å². The molecule has 2 aromatic heterocycles. The molecule has 0 amide bonds. The van der Waals surface area contributed by atoms with Crippen molar-refractivity contribution < 1.29 is 33.3 Å². The van der Waals surface area contributed by atoms with Crippen molar-refractivity contribution >= 4 is 40.3 Å². The van der Waals surface area contributed by atoms with Gasteiger partial charge in [0.1, 0.15) is 6.54 Å². The zero-order valence-electron chi connectivity index (χ0n) is 25.3. The maximum absolute atomic E-state index is 14.2. The van der Waals surface area contributed by atoms with Crippen LogP contribution in [0.5, 0.6) is 17.2 Å². The van der Waals surface area contributed by atoms with Crippen LogP contribution < -0.4 is 29.1 Å². The van der Waals surface area contributed by atoms with Crippen LogP contribution in [0.3, 0.4) is 0 Å². The number of ether oxygens (including phenoxy) is 5. The molecule has 1 aliphatic rings. The number of carbonyl (C=O) groups excluding carboxylic acids is 2. The number of methoxy groups -OCH3 is 3. The van der Waals surface area contributed by atoms with Crippen LogP contribution in [-0.4, -0.2) is 55.6 Å². The number of hydrogen-bond acceptors (Lipinski definition) is 10. The van der Waals surface area contributed by atoms with Crippen LogP contribution >= 0.6 is 11.3 Å². The summed E-state index contributed by atoms with van der Waals surface area (Å²) in [5, 5.41) is 0.868. The van der Waals surface area contributed by atoms with Gasteiger partial charge < -0.3 is 28.3 Å². The summed E-state index contributed by atoms with van der Waals surface area (Å²) in [5.41, 5.74) is 2.45. The highest BCUT2D eigenvalue weighted by atomic mass is 32.1. The summed E-state index contributed by atoms with van der Waals surface area (Å²) in [7, 11) is 4.50. The van der Waals surface area contributed by atoms with E-state index in [2.05, 4.69) is 4.99 Å². The predicted octanol–water partition coefficient (Wildman–Crippen LogP) is 3.34. The summed E-state index contributed by atoms with van der Waals surface area (Å²) in [4.78, 5) is 44.9. The monoisotopic (exact) mass is 619 g/mol. The summed E-state index contributed by atoms with van der Waals surface area (Å²) in [6.07, 6.45) is 3.61. The van der Waals surface area contributed by atoms with Crippen LogP contribution in [0, 0.1) is 0 Å². The van der Waals surface area contributed by atoms with Crippen molar-refractivity contribution in [3.05, 3.63) is 84.7 Å². The Bertz CT molecular complexity index is 1940. The summed E-state index contributed by atoms with van der Waals surface area (Å²) in [6.45, 7) is 5.67. The fourth-order valence-electron chi connectivity index (χ4n) is 5.37. The minimum absolute atomic E-state index is 0.0344. The first-order valence-corrected chi connectivity index (χ1v) is 14.8. The number of benzene rings is 2. The molecule has 11 nitrogen and oxygen atoms in total. The highest BCUT2D eigenvalue weighted by Crippen LogP contribution is 2.42. The zero-order chi connectivity index (χ0) is 31.5.